The lowest BCUT2D eigenvalue weighted by Crippen LogP contribution is -2.51. The molecule has 3 atom stereocenters. The van der Waals surface area contributed by atoms with Crippen LogP contribution in [0.2, 0.25) is 0 Å². The lowest BCUT2D eigenvalue weighted by molar-refractivity contribution is -0.139. The largest absolute Gasteiger partial charge is 0.372 e. The Hall–Kier alpha value is -3.82. The summed E-state index contributed by atoms with van der Waals surface area (Å²) < 4.78 is 7.47. The Morgan fingerprint density at radius 3 is 2.27 bits per heavy atom. The zero-order valence-electron chi connectivity index (χ0n) is 21.3. The lowest BCUT2D eigenvalue weighted by atomic mass is 9.94. The van der Waals surface area contributed by atoms with Crippen molar-refractivity contribution >= 4 is 17.7 Å². The smallest absolute Gasteiger partial charge is 0.246 e. The van der Waals surface area contributed by atoms with Gasteiger partial charge in [0.1, 0.15) is 6.04 Å². The van der Waals surface area contributed by atoms with Gasteiger partial charge in [-0.15, -0.1) is 0 Å². The van der Waals surface area contributed by atoms with E-state index >= 15 is 0 Å². The number of likely N-dealkylation sites (N-methyl/N-ethyl adjacent to an activating group) is 1. The van der Waals surface area contributed by atoms with Gasteiger partial charge in [0.25, 0.3) is 0 Å². The molecule has 3 rings (SSSR count). The number of carbonyl (C=O) groups is 3. The van der Waals surface area contributed by atoms with E-state index in [4.69, 9.17) is 10.5 Å². The molecule has 0 radical (unpaired) electrons. The third kappa shape index (κ3) is 8.96. The Labute approximate surface area is 217 Å². The molecule has 1 heterocycles. The summed E-state index contributed by atoms with van der Waals surface area (Å²) in [6.07, 6.45) is 3.16. The minimum Gasteiger partial charge on any atom is -0.372 e. The Morgan fingerprint density at radius 2 is 1.65 bits per heavy atom. The lowest BCUT2D eigenvalue weighted by Gasteiger charge is -2.23. The fourth-order valence-electron chi connectivity index (χ4n) is 3.76. The second-order valence-corrected chi connectivity index (χ2v) is 9.06. The molecule has 0 bridgehead atoms. The van der Waals surface area contributed by atoms with Crippen molar-refractivity contribution in [2.24, 2.45) is 11.7 Å². The van der Waals surface area contributed by atoms with Crippen LogP contribution >= 0.6 is 0 Å². The second kappa shape index (κ2) is 14.1. The maximum Gasteiger partial charge on any atom is 0.246 e. The van der Waals surface area contributed by atoms with Crippen molar-refractivity contribution < 1.29 is 19.1 Å². The molecular weight excluding hydrogens is 470 g/mol. The number of hydrogen-bond acceptors (Lipinski definition) is 6. The van der Waals surface area contributed by atoms with Crippen molar-refractivity contribution in [3.05, 3.63) is 90.3 Å². The van der Waals surface area contributed by atoms with Crippen LogP contribution in [0.4, 0.5) is 0 Å². The van der Waals surface area contributed by atoms with Crippen LogP contribution in [0.1, 0.15) is 24.5 Å². The van der Waals surface area contributed by atoms with Crippen LogP contribution in [0.25, 0.3) is 0 Å². The third-order valence-corrected chi connectivity index (χ3v) is 6.18. The molecule has 0 aliphatic heterocycles. The zero-order valence-corrected chi connectivity index (χ0v) is 21.3. The molecule has 37 heavy (non-hydrogen) atoms. The van der Waals surface area contributed by atoms with Crippen molar-refractivity contribution in [3.63, 3.8) is 0 Å². The molecule has 0 fully saturated rings. The Balaban J connectivity index is 1.58. The van der Waals surface area contributed by atoms with Gasteiger partial charge in [-0.05, 0) is 30.5 Å². The first kappa shape index (κ1) is 27.8. The van der Waals surface area contributed by atoms with Crippen LogP contribution in [0.15, 0.2) is 79.1 Å². The SMILES string of the molecule is C[C@@H](OCc1ccccc1)[C@@H](N)C(=O)NC(=O)C(CC(=O)N(C)CCn1cccn1)Cc1ccccc1. The molecule has 9 nitrogen and oxygen atoms in total. The van der Waals surface area contributed by atoms with Crippen molar-refractivity contribution in [2.75, 3.05) is 13.6 Å². The number of carbonyl (C=O) groups excluding carboxylic acids is 3. The van der Waals surface area contributed by atoms with Gasteiger partial charge in [-0.3, -0.25) is 24.4 Å². The normalized spacial score (nSPS) is 13.4. The minimum atomic E-state index is -1.04. The van der Waals surface area contributed by atoms with Gasteiger partial charge in [0, 0.05) is 32.4 Å². The Kier molecular flexibility index (Phi) is 10.5. The minimum absolute atomic E-state index is 0.0427. The van der Waals surface area contributed by atoms with Crippen LogP contribution in [0.3, 0.4) is 0 Å². The molecule has 0 aliphatic rings. The molecule has 0 saturated carbocycles. The van der Waals surface area contributed by atoms with Gasteiger partial charge >= 0.3 is 0 Å². The van der Waals surface area contributed by atoms with Crippen LogP contribution in [0.5, 0.6) is 0 Å². The number of imide groups is 1. The highest BCUT2D eigenvalue weighted by Gasteiger charge is 2.29. The van der Waals surface area contributed by atoms with Crippen molar-refractivity contribution in [1.29, 1.82) is 0 Å². The summed E-state index contributed by atoms with van der Waals surface area (Å²) in [6, 6.07) is 19.7. The topological polar surface area (TPSA) is 120 Å². The van der Waals surface area contributed by atoms with E-state index in [0.29, 0.717) is 26.1 Å². The van der Waals surface area contributed by atoms with Gasteiger partial charge in [-0.1, -0.05) is 60.7 Å². The average molecular weight is 506 g/mol. The molecule has 3 amide bonds. The molecular formula is C28H35N5O4. The molecule has 1 unspecified atom stereocenters. The Bertz CT molecular complexity index is 1120. The highest BCUT2D eigenvalue weighted by molar-refractivity contribution is 6.00. The number of nitrogens with zero attached hydrogens (tertiary/aromatic N) is 3. The van der Waals surface area contributed by atoms with E-state index < -0.39 is 29.9 Å². The predicted octanol–water partition coefficient (Wildman–Crippen LogP) is 2.17. The summed E-state index contributed by atoms with van der Waals surface area (Å²) in [4.78, 5) is 40.4. The van der Waals surface area contributed by atoms with Gasteiger partial charge in [0.2, 0.25) is 17.7 Å². The van der Waals surface area contributed by atoms with E-state index in [1.165, 1.54) is 0 Å². The number of nitrogens with one attached hydrogen (secondary N) is 1. The summed E-state index contributed by atoms with van der Waals surface area (Å²) in [5.74, 6) is -2.10. The monoisotopic (exact) mass is 505 g/mol. The summed E-state index contributed by atoms with van der Waals surface area (Å²) >= 11 is 0. The third-order valence-electron chi connectivity index (χ3n) is 6.18. The van der Waals surface area contributed by atoms with Crippen molar-refractivity contribution in [2.45, 2.75) is 45.1 Å². The molecule has 0 spiro atoms. The predicted molar refractivity (Wildman–Crippen MR) is 140 cm³/mol. The molecule has 3 N–H and O–H groups in total. The van der Waals surface area contributed by atoms with Crippen molar-refractivity contribution in [3.8, 4) is 0 Å². The maximum atomic E-state index is 13.2. The first-order valence-electron chi connectivity index (χ1n) is 12.3. The molecule has 9 heteroatoms. The van der Waals surface area contributed by atoms with Crippen LogP contribution in [-0.2, 0) is 38.7 Å². The first-order valence-corrected chi connectivity index (χ1v) is 12.3. The molecule has 3 aromatic rings. The second-order valence-electron chi connectivity index (χ2n) is 9.06. The fourth-order valence-corrected chi connectivity index (χ4v) is 3.76. The first-order chi connectivity index (χ1) is 17.8. The van der Waals surface area contributed by atoms with Gasteiger partial charge < -0.3 is 15.4 Å². The Morgan fingerprint density at radius 1 is 1.00 bits per heavy atom. The molecule has 2 aromatic carbocycles. The number of benzene rings is 2. The number of aromatic nitrogens is 2. The standard InChI is InChI=1S/C28H35N5O4/c1-21(37-20-23-12-7-4-8-13-23)26(29)28(36)31-27(35)24(18-22-10-5-3-6-11-22)19-25(34)32(2)16-17-33-15-9-14-30-33/h3-15,21,24,26H,16-20,29H2,1-2H3,(H,31,35,36)/t21-,24?,26-/m1/s1. The quantitative estimate of drug-likeness (QED) is 0.367. The molecule has 196 valence electrons. The fraction of sp³-hybridized carbons (Fsp3) is 0.357. The summed E-state index contributed by atoms with van der Waals surface area (Å²) in [6.45, 7) is 2.98. The number of ether oxygens (including phenoxy) is 1. The summed E-state index contributed by atoms with van der Waals surface area (Å²) in [5, 5.41) is 6.55. The highest BCUT2D eigenvalue weighted by Crippen LogP contribution is 2.15. The summed E-state index contributed by atoms with van der Waals surface area (Å²) in [5.41, 5.74) is 7.94. The summed E-state index contributed by atoms with van der Waals surface area (Å²) in [7, 11) is 1.69. The van der Waals surface area contributed by atoms with E-state index in [-0.39, 0.29) is 12.3 Å². The van der Waals surface area contributed by atoms with Crippen LogP contribution < -0.4 is 11.1 Å². The van der Waals surface area contributed by atoms with Gasteiger partial charge in [-0.25, -0.2) is 0 Å². The van der Waals surface area contributed by atoms with E-state index in [1.54, 1.807) is 29.7 Å². The zero-order chi connectivity index (χ0) is 26.6. The molecule has 1 aromatic heterocycles. The average Bonchev–Trinajstić information content (AvgIpc) is 3.44. The molecule has 0 aliphatic carbocycles. The van der Waals surface area contributed by atoms with Crippen LogP contribution in [0, 0.1) is 5.92 Å². The number of hydrogen-bond donors (Lipinski definition) is 2. The van der Waals surface area contributed by atoms with E-state index in [0.717, 1.165) is 11.1 Å². The highest BCUT2D eigenvalue weighted by atomic mass is 16.5. The van der Waals surface area contributed by atoms with Crippen LogP contribution in [-0.4, -0.2) is 58.1 Å². The van der Waals surface area contributed by atoms with Gasteiger partial charge in [-0.2, -0.15) is 5.10 Å². The van der Waals surface area contributed by atoms with E-state index in [9.17, 15) is 14.4 Å². The maximum absolute atomic E-state index is 13.2. The van der Waals surface area contributed by atoms with E-state index in [1.807, 2.05) is 72.9 Å². The number of amides is 3. The molecule has 0 saturated heterocycles. The van der Waals surface area contributed by atoms with Gasteiger partial charge in [0.15, 0.2) is 0 Å². The number of nitrogens with two attached hydrogens (primary N) is 1. The van der Waals surface area contributed by atoms with E-state index in [2.05, 4.69) is 10.4 Å². The van der Waals surface area contributed by atoms with Crippen molar-refractivity contribution in [1.82, 2.24) is 20.0 Å². The van der Waals surface area contributed by atoms with Gasteiger partial charge in [0.05, 0.1) is 25.2 Å². The number of rotatable bonds is 13.